The van der Waals surface area contributed by atoms with Gasteiger partial charge < -0.3 is 4.74 Å². The minimum Gasteiger partial charge on any atom is -0.444 e. The first kappa shape index (κ1) is 19.2. The predicted octanol–water partition coefficient (Wildman–Crippen LogP) is 4.43. The zero-order chi connectivity index (χ0) is 17.5. The number of Topliss-reactive ketones (excluding diaryl/α,β-unsaturated/α-hetero) is 1. The fraction of sp³-hybridized carbons (Fsp3) is 0.579. The van der Waals surface area contributed by atoms with E-state index in [9.17, 15) is 9.59 Å². The molecule has 0 saturated heterocycles. The minimum absolute atomic E-state index is 0.0705. The molecule has 23 heavy (non-hydrogen) atoms. The number of hydrogen-bond acceptors (Lipinski definition) is 3. The normalized spacial score (nSPS) is 12.6. The minimum atomic E-state index is -0.578. The third-order valence-electron chi connectivity index (χ3n) is 3.51. The molecule has 1 rings (SSSR count). The summed E-state index contributed by atoms with van der Waals surface area (Å²) >= 11 is 0. The van der Waals surface area contributed by atoms with Crippen LogP contribution in [0.4, 0.5) is 4.79 Å². The number of carbonyl (C=O) groups is 2. The van der Waals surface area contributed by atoms with E-state index < -0.39 is 11.7 Å². The van der Waals surface area contributed by atoms with Gasteiger partial charge in [0.15, 0.2) is 5.78 Å². The van der Waals surface area contributed by atoms with Crippen LogP contribution in [0.5, 0.6) is 0 Å². The third-order valence-corrected chi connectivity index (χ3v) is 3.51. The summed E-state index contributed by atoms with van der Waals surface area (Å²) in [6.45, 7) is 10.1. The van der Waals surface area contributed by atoms with Crippen molar-refractivity contribution >= 4 is 11.9 Å². The van der Waals surface area contributed by atoms with Crippen molar-refractivity contribution < 1.29 is 14.3 Å². The van der Waals surface area contributed by atoms with Crippen molar-refractivity contribution in [3.05, 3.63) is 35.9 Å². The molecule has 1 aromatic carbocycles. The second-order valence-corrected chi connectivity index (χ2v) is 7.08. The van der Waals surface area contributed by atoms with E-state index in [0.29, 0.717) is 18.9 Å². The summed E-state index contributed by atoms with van der Waals surface area (Å²) < 4.78 is 5.44. The first-order valence-corrected chi connectivity index (χ1v) is 8.24. The standard InChI is InChI=1S/C19H29NO3/c1-6-15(2)12-17(21)14-20(18(22)23-19(3,4)5)13-16-10-8-7-9-11-16/h7-11,15H,6,12-14H2,1-5H3. The second kappa shape index (κ2) is 8.70. The van der Waals surface area contributed by atoms with Crippen molar-refractivity contribution in [1.29, 1.82) is 0 Å². The van der Waals surface area contributed by atoms with Crippen LogP contribution in [0.25, 0.3) is 0 Å². The zero-order valence-electron chi connectivity index (χ0n) is 15.0. The highest BCUT2D eigenvalue weighted by molar-refractivity contribution is 5.84. The van der Waals surface area contributed by atoms with Crippen molar-refractivity contribution in [1.82, 2.24) is 4.90 Å². The van der Waals surface area contributed by atoms with Crippen molar-refractivity contribution in [2.45, 2.75) is 59.6 Å². The zero-order valence-corrected chi connectivity index (χ0v) is 15.0. The molecule has 128 valence electrons. The Labute approximate surface area is 139 Å². The van der Waals surface area contributed by atoms with Crippen LogP contribution in [-0.2, 0) is 16.1 Å². The van der Waals surface area contributed by atoms with Crippen molar-refractivity contribution in [3.63, 3.8) is 0 Å². The Morgan fingerprint density at radius 2 is 1.78 bits per heavy atom. The first-order valence-electron chi connectivity index (χ1n) is 8.24. The maximum atomic E-state index is 12.4. The number of nitrogens with zero attached hydrogens (tertiary/aromatic N) is 1. The summed E-state index contributed by atoms with van der Waals surface area (Å²) in [6, 6.07) is 9.65. The highest BCUT2D eigenvalue weighted by Gasteiger charge is 2.24. The van der Waals surface area contributed by atoms with Gasteiger partial charge in [0.25, 0.3) is 0 Å². The Bertz CT molecular complexity index is 505. The Morgan fingerprint density at radius 1 is 1.17 bits per heavy atom. The summed E-state index contributed by atoms with van der Waals surface area (Å²) in [4.78, 5) is 26.1. The Hall–Kier alpha value is -1.84. The molecular weight excluding hydrogens is 290 g/mol. The average Bonchev–Trinajstić information content (AvgIpc) is 2.45. The van der Waals surface area contributed by atoms with Crippen LogP contribution in [0.2, 0.25) is 0 Å². The highest BCUT2D eigenvalue weighted by Crippen LogP contribution is 2.14. The third kappa shape index (κ3) is 7.82. The Balaban J connectivity index is 2.79. The Kier molecular flexibility index (Phi) is 7.27. The van der Waals surface area contributed by atoms with E-state index >= 15 is 0 Å². The molecule has 0 N–H and O–H groups in total. The second-order valence-electron chi connectivity index (χ2n) is 7.08. The lowest BCUT2D eigenvalue weighted by Crippen LogP contribution is -2.39. The average molecular weight is 319 g/mol. The van der Waals surface area contributed by atoms with Crippen LogP contribution in [0.3, 0.4) is 0 Å². The van der Waals surface area contributed by atoms with Crippen LogP contribution in [0.1, 0.15) is 53.0 Å². The van der Waals surface area contributed by atoms with E-state index in [1.165, 1.54) is 4.90 Å². The fourth-order valence-corrected chi connectivity index (χ4v) is 2.13. The molecule has 0 radical (unpaired) electrons. The highest BCUT2D eigenvalue weighted by atomic mass is 16.6. The lowest BCUT2D eigenvalue weighted by atomic mass is 10.0. The van der Waals surface area contributed by atoms with E-state index in [2.05, 4.69) is 6.92 Å². The van der Waals surface area contributed by atoms with Gasteiger partial charge in [0.2, 0.25) is 0 Å². The van der Waals surface area contributed by atoms with Crippen LogP contribution < -0.4 is 0 Å². The van der Waals surface area contributed by atoms with Crippen molar-refractivity contribution in [3.8, 4) is 0 Å². The van der Waals surface area contributed by atoms with Gasteiger partial charge in [-0.3, -0.25) is 9.69 Å². The van der Waals surface area contributed by atoms with Gasteiger partial charge in [-0.1, -0.05) is 50.6 Å². The quantitative estimate of drug-likeness (QED) is 0.747. The van der Waals surface area contributed by atoms with Crippen molar-refractivity contribution in [2.75, 3.05) is 6.54 Å². The van der Waals surface area contributed by atoms with Gasteiger partial charge in [0.1, 0.15) is 5.60 Å². The van der Waals surface area contributed by atoms with E-state index in [1.54, 1.807) is 0 Å². The molecule has 1 unspecified atom stereocenters. The molecule has 1 atom stereocenters. The summed E-state index contributed by atoms with van der Waals surface area (Å²) in [5.41, 5.74) is 0.404. The molecule has 0 bridgehead atoms. The monoisotopic (exact) mass is 319 g/mol. The molecule has 0 heterocycles. The van der Waals surface area contributed by atoms with Gasteiger partial charge in [-0.25, -0.2) is 4.79 Å². The van der Waals surface area contributed by atoms with Gasteiger partial charge in [-0.05, 0) is 32.3 Å². The first-order chi connectivity index (χ1) is 10.7. The summed E-state index contributed by atoms with van der Waals surface area (Å²) in [5.74, 6) is 0.404. The molecule has 4 nitrogen and oxygen atoms in total. The van der Waals surface area contributed by atoms with E-state index in [0.717, 1.165) is 12.0 Å². The van der Waals surface area contributed by atoms with Gasteiger partial charge in [0, 0.05) is 13.0 Å². The molecule has 0 aliphatic carbocycles. The molecule has 0 aliphatic rings. The number of ketones is 1. The largest absolute Gasteiger partial charge is 0.444 e. The predicted molar refractivity (Wildman–Crippen MR) is 92.2 cm³/mol. The van der Waals surface area contributed by atoms with Gasteiger partial charge >= 0.3 is 6.09 Å². The maximum Gasteiger partial charge on any atom is 0.410 e. The number of rotatable bonds is 7. The molecule has 0 aromatic heterocycles. The van der Waals surface area contributed by atoms with Crippen LogP contribution in [-0.4, -0.2) is 28.9 Å². The number of carbonyl (C=O) groups excluding carboxylic acids is 2. The molecule has 1 aromatic rings. The molecule has 0 aliphatic heterocycles. The molecular formula is C19H29NO3. The topological polar surface area (TPSA) is 46.6 Å². The lowest BCUT2D eigenvalue weighted by Gasteiger charge is -2.27. The van der Waals surface area contributed by atoms with Crippen molar-refractivity contribution in [2.24, 2.45) is 5.92 Å². The molecule has 0 fully saturated rings. The molecule has 1 amide bonds. The fourth-order valence-electron chi connectivity index (χ4n) is 2.13. The Morgan fingerprint density at radius 3 is 2.30 bits per heavy atom. The summed E-state index contributed by atoms with van der Waals surface area (Å²) in [7, 11) is 0. The van der Waals surface area contributed by atoms with Crippen LogP contribution in [0.15, 0.2) is 30.3 Å². The molecule has 0 spiro atoms. The SMILES string of the molecule is CCC(C)CC(=O)CN(Cc1ccccc1)C(=O)OC(C)(C)C. The smallest absolute Gasteiger partial charge is 0.410 e. The van der Waals surface area contributed by atoms with E-state index in [4.69, 9.17) is 4.74 Å². The summed E-state index contributed by atoms with van der Waals surface area (Å²) in [5, 5.41) is 0. The summed E-state index contributed by atoms with van der Waals surface area (Å²) in [6.07, 6.45) is 1.00. The van der Waals surface area contributed by atoms with Gasteiger partial charge in [-0.15, -0.1) is 0 Å². The number of hydrogen-bond donors (Lipinski definition) is 0. The van der Waals surface area contributed by atoms with Gasteiger partial charge in [-0.2, -0.15) is 0 Å². The lowest BCUT2D eigenvalue weighted by molar-refractivity contribution is -0.121. The number of amides is 1. The van der Waals surface area contributed by atoms with E-state index in [-0.39, 0.29) is 12.3 Å². The van der Waals surface area contributed by atoms with E-state index in [1.807, 2.05) is 58.0 Å². The maximum absolute atomic E-state index is 12.4. The molecule has 4 heteroatoms. The number of ether oxygens (including phenoxy) is 1. The van der Waals surface area contributed by atoms with Gasteiger partial charge in [0.05, 0.1) is 6.54 Å². The van der Waals surface area contributed by atoms with Crippen LogP contribution >= 0.6 is 0 Å². The number of benzene rings is 1. The molecule has 0 saturated carbocycles. The van der Waals surface area contributed by atoms with Crippen LogP contribution in [0, 0.1) is 5.92 Å².